The quantitative estimate of drug-likeness (QED) is 0.894. The van der Waals surface area contributed by atoms with Gasteiger partial charge in [0.25, 0.3) is 0 Å². The molecule has 0 bridgehead atoms. The van der Waals surface area contributed by atoms with Crippen molar-refractivity contribution < 1.29 is 0 Å². The van der Waals surface area contributed by atoms with Crippen molar-refractivity contribution in [2.45, 2.75) is 39.2 Å². The first-order chi connectivity index (χ1) is 9.22. The van der Waals surface area contributed by atoms with E-state index < -0.39 is 0 Å². The molecule has 4 nitrogen and oxygen atoms in total. The van der Waals surface area contributed by atoms with Crippen LogP contribution in [0.3, 0.4) is 0 Å². The highest BCUT2D eigenvalue weighted by Gasteiger charge is 2.41. The number of anilines is 1. The number of imidazole rings is 1. The minimum atomic E-state index is 0.517. The van der Waals surface area contributed by atoms with E-state index >= 15 is 0 Å². The van der Waals surface area contributed by atoms with E-state index in [2.05, 4.69) is 21.5 Å². The summed E-state index contributed by atoms with van der Waals surface area (Å²) in [4.78, 5) is 8.35. The summed E-state index contributed by atoms with van der Waals surface area (Å²) >= 11 is 0. The Bertz CT molecular complexity index is 569. The van der Waals surface area contributed by atoms with E-state index in [1.54, 1.807) is 6.20 Å². The van der Waals surface area contributed by atoms with Gasteiger partial charge in [0.1, 0.15) is 5.82 Å². The monoisotopic (exact) mass is 256 g/mol. The maximum absolute atomic E-state index is 5.76. The third-order valence-corrected chi connectivity index (χ3v) is 4.03. The average Bonchev–Trinajstić information content (AvgIpc) is 2.99. The van der Waals surface area contributed by atoms with E-state index in [9.17, 15) is 0 Å². The summed E-state index contributed by atoms with van der Waals surface area (Å²) in [6, 6.07) is 3.90. The topological polar surface area (TPSA) is 56.7 Å². The first kappa shape index (κ1) is 12.2. The Morgan fingerprint density at radius 3 is 2.95 bits per heavy atom. The zero-order valence-corrected chi connectivity index (χ0v) is 11.3. The molecule has 0 amide bonds. The lowest BCUT2D eigenvalue weighted by molar-refractivity contribution is 0.390. The number of nitrogens with zero attached hydrogens (tertiary/aromatic N) is 3. The maximum Gasteiger partial charge on any atom is 0.123 e. The molecule has 0 atom stereocenters. The number of rotatable bonds is 5. The fourth-order valence-electron chi connectivity index (χ4n) is 2.85. The second-order valence-corrected chi connectivity index (χ2v) is 5.63. The first-order valence-corrected chi connectivity index (χ1v) is 6.94. The van der Waals surface area contributed by atoms with E-state index in [0.717, 1.165) is 17.8 Å². The molecule has 2 aromatic rings. The van der Waals surface area contributed by atoms with Crippen molar-refractivity contribution in [3.8, 4) is 11.3 Å². The van der Waals surface area contributed by atoms with E-state index in [4.69, 9.17) is 5.73 Å². The minimum Gasteiger partial charge on any atom is -0.384 e. The SMILES string of the molecule is CCCC1(Cn2cncc2-c2ccnc(N)c2)CC1. The van der Waals surface area contributed by atoms with E-state index in [1.807, 2.05) is 24.7 Å². The molecule has 0 radical (unpaired) electrons. The van der Waals surface area contributed by atoms with Gasteiger partial charge in [0.15, 0.2) is 0 Å². The molecule has 0 unspecified atom stereocenters. The average molecular weight is 256 g/mol. The minimum absolute atomic E-state index is 0.517. The van der Waals surface area contributed by atoms with Gasteiger partial charge in [-0.15, -0.1) is 0 Å². The van der Waals surface area contributed by atoms with Gasteiger partial charge in [-0.3, -0.25) is 0 Å². The van der Waals surface area contributed by atoms with Crippen LogP contribution in [0.1, 0.15) is 32.6 Å². The van der Waals surface area contributed by atoms with Crippen molar-refractivity contribution in [3.05, 3.63) is 30.9 Å². The molecule has 0 aliphatic heterocycles. The number of pyridine rings is 1. The summed E-state index contributed by atoms with van der Waals surface area (Å²) in [5, 5.41) is 0. The molecule has 100 valence electrons. The van der Waals surface area contributed by atoms with Gasteiger partial charge in [-0.2, -0.15) is 0 Å². The predicted octanol–water partition coefficient (Wildman–Crippen LogP) is 3.11. The van der Waals surface area contributed by atoms with Crippen LogP contribution in [0.25, 0.3) is 11.3 Å². The number of hydrogen-bond acceptors (Lipinski definition) is 3. The molecule has 0 spiro atoms. The molecule has 1 aliphatic carbocycles. The molecular weight excluding hydrogens is 236 g/mol. The van der Waals surface area contributed by atoms with E-state index in [-0.39, 0.29) is 0 Å². The van der Waals surface area contributed by atoms with E-state index in [0.29, 0.717) is 11.2 Å². The second-order valence-electron chi connectivity index (χ2n) is 5.63. The van der Waals surface area contributed by atoms with Gasteiger partial charge in [-0.1, -0.05) is 13.3 Å². The van der Waals surface area contributed by atoms with Gasteiger partial charge < -0.3 is 10.3 Å². The van der Waals surface area contributed by atoms with Crippen molar-refractivity contribution in [2.24, 2.45) is 5.41 Å². The fourth-order valence-corrected chi connectivity index (χ4v) is 2.85. The predicted molar refractivity (Wildman–Crippen MR) is 76.4 cm³/mol. The lowest BCUT2D eigenvalue weighted by atomic mass is 10.0. The lowest BCUT2D eigenvalue weighted by Gasteiger charge is -2.17. The summed E-state index contributed by atoms with van der Waals surface area (Å²) in [6.07, 6.45) is 10.8. The highest BCUT2D eigenvalue weighted by Crippen LogP contribution is 2.51. The van der Waals surface area contributed by atoms with Crippen LogP contribution in [0.15, 0.2) is 30.9 Å². The molecule has 0 aromatic carbocycles. The lowest BCUT2D eigenvalue weighted by Crippen LogP contribution is -2.11. The van der Waals surface area contributed by atoms with Gasteiger partial charge in [-0.25, -0.2) is 9.97 Å². The van der Waals surface area contributed by atoms with Crippen molar-refractivity contribution in [1.29, 1.82) is 0 Å². The maximum atomic E-state index is 5.76. The molecule has 1 fully saturated rings. The van der Waals surface area contributed by atoms with Crippen LogP contribution in [0.2, 0.25) is 0 Å². The molecular formula is C15H20N4. The molecule has 1 aliphatic rings. The molecule has 3 rings (SSSR count). The van der Waals surface area contributed by atoms with Crippen LogP contribution >= 0.6 is 0 Å². The number of nitrogens with two attached hydrogens (primary N) is 1. The molecule has 4 heteroatoms. The summed E-state index contributed by atoms with van der Waals surface area (Å²) in [6.45, 7) is 3.33. The molecule has 19 heavy (non-hydrogen) atoms. The van der Waals surface area contributed by atoms with Crippen LogP contribution < -0.4 is 5.73 Å². The smallest absolute Gasteiger partial charge is 0.123 e. The highest BCUT2D eigenvalue weighted by atomic mass is 15.1. The van der Waals surface area contributed by atoms with Gasteiger partial charge in [0.05, 0.1) is 18.2 Å². The normalized spacial score (nSPS) is 16.5. The number of aromatic nitrogens is 3. The van der Waals surface area contributed by atoms with Crippen molar-refractivity contribution >= 4 is 5.82 Å². The van der Waals surface area contributed by atoms with Crippen LogP contribution in [0.5, 0.6) is 0 Å². The first-order valence-electron chi connectivity index (χ1n) is 6.94. The summed E-state index contributed by atoms with van der Waals surface area (Å²) in [5.41, 5.74) is 8.51. The standard InChI is InChI=1S/C15H20N4/c1-2-4-15(5-6-15)10-19-11-17-9-13(19)12-3-7-18-14(16)8-12/h3,7-9,11H,2,4-6,10H2,1H3,(H2,16,18). The summed E-state index contributed by atoms with van der Waals surface area (Å²) in [5.74, 6) is 0.556. The Morgan fingerprint density at radius 1 is 1.42 bits per heavy atom. The van der Waals surface area contributed by atoms with Gasteiger partial charge in [0, 0.05) is 18.3 Å². The van der Waals surface area contributed by atoms with Crippen LogP contribution in [-0.2, 0) is 6.54 Å². The third-order valence-electron chi connectivity index (χ3n) is 4.03. The van der Waals surface area contributed by atoms with Crippen molar-refractivity contribution in [2.75, 3.05) is 5.73 Å². The summed E-state index contributed by atoms with van der Waals surface area (Å²) in [7, 11) is 0. The summed E-state index contributed by atoms with van der Waals surface area (Å²) < 4.78 is 2.26. The Labute approximate surface area is 113 Å². The Hall–Kier alpha value is -1.84. The number of nitrogen functional groups attached to an aromatic ring is 1. The van der Waals surface area contributed by atoms with Crippen LogP contribution in [-0.4, -0.2) is 14.5 Å². The second kappa shape index (κ2) is 4.68. The molecule has 1 saturated carbocycles. The van der Waals surface area contributed by atoms with Crippen molar-refractivity contribution in [3.63, 3.8) is 0 Å². The Balaban J connectivity index is 1.87. The zero-order valence-electron chi connectivity index (χ0n) is 11.3. The third kappa shape index (κ3) is 2.48. The van der Waals surface area contributed by atoms with Gasteiger partial charge >= 0.3 is 0 Å². The molecule has 2 aromatic heterocycles. The van der Waals surface area contributed by atoms with Crippen LogP contribution in [0, 0.1) is 5.41 Å². The molecule has 2 heterocycles. The largest absolute Gasteiger partial charge is 0.384 e. The number of hydrogen-bond donors (Lipinski definition) is 1. The van der Waals surface area contributed by atoms with Gasteiger partial charge in [0.2, 0.25) is 0 Å². The molecule has 2 N–H and O–H groups in total. The highest BCUT2D eigenvalue weighted by molar-refractivity contribution is 5.61. The molecule has 0 saturated heterocycles. The Morgan fingerprint density at radius 2 is 2.26 bits per heavy atom. The Kier molecular flexibility index (Phi) is 3.01. The zero-order chi connectivity index (χ0) is 13.3. The van der Waals surface area contributed by atoms with E-state index in [1.165, 1.54) is 25.7 Å². The fraction of sp³-hybridized carbons (Fsp3) is 0.467. The van der Waals surface area contributed by atoms with Gasteiger partial charge in [-0.05, 0) is 36.8 Å². The van der Waals surface area contributed by atoms with Crippen molar-refractivity contribution in [1.82, 2.24) is 14.5 Å². The van der Waals surface area contributed by atoms with Crippen LogP contribution in [0.4, 0.5) is 5.82 Å².